The summed E-state index contributed by atoms with van der Waals surface area (Å²) >= 11 is 0. The number of aromatic amines is 1. The molecule has 0 radical (unpaired) electrons. The predicted molar refractivity (Wildman–Crippen MR) is 98.6 cm³/mol. The van der Waals surface area contributed by atoms with Gasteiger partial charge in [0.1, 0.15) is 11.6 Å². The minimum absolute atomic E-state index is 0.0753. The molecule has 1 N–H and O–H groups in total. The molecule has 5 nitrogen and oxygen atoms in total. The van der Waals surface area contributed by atoms with Crippen molar-refractivity contribution in [2.75, 3.05) is 27.2 Å². The zero-order chi connectivity index (χ0) is 19.1. The Hall–Kier alpha value is -2.80. The van der Waals surface area contributed by atoms with Crippen molar-refractivity contribution < 1.29 is 13.6 Å². The molecule has 1 saturated heterocycles. The van der Waals surface area contributed by atoms with Crippen LogP contribution in [0.1, 0.15) is 22.1 Å². The molecule has 0 unspecified atom stereocenters. The molecular weight excluding hydrogens is 350 g/mol. The van der Waals surface area contributed by atoms with Gasteiger partial charge in [0.15, 0.2) is 5.82 Å². The third-order valence-corrected chi connectivity index (χ3v) is 5.18. The Balaban J connectivity index is 1.61. The van der Waals surface area contributed by atoms with Gasteiger partial charge in [-0.05, 0) is 50.0 Å². The Kier molecular flexibility index (Phi) is 4.39. The summed E-state index contributed by atoms with van der Waals surface area (Å²) < 4.78 is 26.7. The van der Waals surface area contributed by atoms with Crippen molar-refractivity contribution in [2.45, 2.75) is 12.0 Å². The van der Waals surface area contributed by atoms with E-state index >= 15 is 0 Å². The Labute approximate surface area is 155 Å². The number of likely N-dealkylation sites (N-methyl/N-ethyl adjacent to an activating group) is 1. The topological polar surface area (TPSA) is 52.2 Å². The Morgan fingerprint density at radius 3 is 2.52 bits per heavy atom. The van der Waals surface area contributed by atoms with Crippen molar-refractivity contribution in [1.82, 2.24) is 19.8 Å². The molecule has 0 bridgehead atoms. The Morgan fingerprint density at radius 1 is 1.11 bits per heavy atom. The number of amides is 1. The minimum atomic E-state index is -0.379. The molecule has 27 heavy (non-hydrogen) atoms. The number of rotatable bonds is 3. The van der Waals surface area contributed by atoms with E-state index in [0.29, 0.717) is 24.1 Å². The van der Waals surface area contributed by atoms with Crippen LogP contribution in [0.5, 0.6) is 0 Å². The molecule has 1 aliphatic rings. The summed E-state index contributed by atoms with van der Waals surface area (Å²) in [6.07, 6.45) is 0. The number of carbonyl (C=O) groups excluding carboxylic acids is 1. The summed E-state index contributed by atoms with van der Waals surface area (Å²) in [4.78, 5) is 24.0. The molecule has 0 spiro atoms. The first-order valence-electron chi connectivity index (χ1n) is 8.79. The number of aromatic nitrogens is 2. The second kappa shape index (κ2) is 6.74. The van der Waals surface area contributed by atoms with Gasteiger partial charge in [0, 0.05) is 25.0 Å². The van der Waals surface area contributed by atoms with Crippen molar-refractivity contribution in [2.24, 2.45) is 0 Å². The van der Waals surface area contributed by atoms with E-state index in [4.69, 9.17) is 0 Å². The van der Waals surface area contributed by atoms with E-state index in [9.17, 15) is 13.6 Å². The van der Waals surface area contributed by atoms with Crippen LogP contribution in [0, 0.1) is 11.6 Å². The number of imidazole rings is 1. The number of nitrogens with one attached hydrogen (secondary N) is 1. The van der Waals surface area contributed by atoms with E-state index in [1.807, 2.05) is 14.1 Å². The van der Waals surface area contributed by atoms with E-state index in [-0.39, 0.29) is 35.3 Å². The summed E-state index contributed by atoms with van der Waals surface area (Å²) in [5, 5.41) is 0. The van der Waals surface area contributed by atoms with E-state index in [1.165, 1.54) is 24.3 Å². The number of carbonyl (C=O) groups is 1. The Morgan fingerprint density at radius 2 is 1.81 bits per heavy atom. The average Bonchev–Trinajstić information content (AvgIpc) is 3.25. The second-order valence-electron chi connectivity index (χ2n) is 7.15. The van der Waals surface area contributed by atoms with Gasteiger partial charge in [0.25, 0.3) is 5.91 Å². The molecule has 2 aromatic carbocycles. The van der Waals surface area contributed by atoms with Crippen LogP contribution in [0.3, 0.4) is 0 Å². The molecule has 1 aromatic heterocycles. The largest absolute Gasteiger partial charge is 0.334 e. The molecule has 0 saturated carbocycles. The molecule has 1 amide bonds. The van der Waals surface area contributed by atoms with Gasteiger partial charge in [0.2, 0.25) is 0 Å². The highest BCUT2D eigenvalue weighted by molar-refractivity contribution is 5.94. The van der Waals surface area contributed by atoms with Gasteiger partial charge in [-0.1, -0.05) is 12.1 Å². The van der Waals surface area contributed by atoms with E-state index in [2.05, 4.69) is 14.9 Å². The smallest absolute Gasteiger partial charge is 0.289 e. The molecule has 1 fully saturated rings. The number of likely N-dealkylation sites (tertiary alicyclic amines) is 1. The number of hydrogen-bond donors (Lipinski definition) is 1. The van der Waals surface area contributed by atoms with Gasteiger partial charge < -0.3 is 14.8 Å². The number of H-pyrrole nitrogens is 1. The van der Waals surface area contributed by atoms with Gasteiger partial charge in [-0.15, -0.1) is 0 Å². The lowest BCUT2D eigenvalue weighted by Gasteiger charge is -2.25. The summed E-state index contributed by atoms with van der Waals surface area (Å²) in [6.45, 7) is 1.05. The van der Waals surface area contributed by atoms with Crippen LogP contribution in [0.15, 0.2) is 42.5 Å². The molecule has 7 heteroatoms. The maximum atomic E-state index is 13.4. The van der Waals surface area contributed by atoms with Crippen LogP contribution in [0.4, 0.5) is 8.78 Å². The number of benzene rings is 2. The second-order valence-corrected chi connectivity index (χ2v) is 7.15. The molecule has 140 valence electrons. The number of halogens is 2. The number of nitrogens with zero attached hydrogens (tertiary/aromatic N) is 3. The monoisotopic (exact) mass is 370 g/mol. The molecule has 0 aliphatic carbocycles. The van der Waals surface area contributed by atoms with E-state index < -0.39 is 0 Å². The fraction of sp³-hybridized carbons (Fsp3) is 0.300. The SMILES string of the molecule is CN(C)[C@H]1CN(C(=O)c2nc3ccc(F)cc3[nH]2)C[C@@H]1c1ccc(F)cc1. The standard InChI is InChI=1S/C20H20F2N4O/c1-25(2)18-11-26(10-15(18)12-3-5-13(21)6-4-12)20(27)19-23-16-8-7-14(22)9-17(16)24-19/h3-9,15,18H,10-11H2,1-2H3,(H,23,24)/t15-,18+/m1/s1. The van der Waals surface area contributed by atoms with Gasteiger partial charge in [-0.25, -0.2) is 13.8 Å². The van der Waals surface area contributed by atoms with Crippen LogP contribution in [-0.2, 0) is 0 Å². The third-order valence-electron chi connectivity index (χ3n) is 5.18. The van der Waals surface area contributed by atoms with Crippen LogP contribution < -0.4 is 0 Å². The molecule has 1 aliphatic heterocycles. The van der Waals surface area contributed by atoms with Crippen molar-refractivity contribution >= 4 is 16.9 Å². The summed E-state index contributed by atoms with van der Waals surface area (Å²) in [7, 11) is 3.94. The lowest BCUT2D eigenvalue weighted by molar-refractivity contribution is 0.0772. The van der Waals surface area contributed by atoms with E-state index in [1.54, 1.807) is 23.1 Å². The molecule has 4 rings (SSSR count). The fourth-order valence-corrected chi connectivity index (χ4v) is 3.75. The lowest BCUT2D eigenvalue weighted by Crippen LogP contribution is -2.36. The number of fused-ring (bicyclic) bond motifs is 1. The molecular formula is C20H20F2N4O. The molecule has 2 atom stereocenters. The highest BCUT2D eigenvalue weighted by Gasteiger charge is 2.38. The summed E-state index contributed by atoms with van der Waals surface area (Å²) in [6, 6.07) is 10.7. The Bertz CT molecular complexity index is 983. The van der Waals surface area contributed by atoms with E-state index in [0.717, 1.165) is 5.56 Å². The van der Waals surface area contributed by atoms with Gasteiger partial charge in [-0.2, -0.15) is 0 Å². The van der Waals surface area contributed by atoms with Gasteiger partial charge >= 0.3 is 0 Å². The van der Waals surface area contributed by atoms with Crippen LogP contribution >= 0.6 is 0 Å². The highest BCUT2D eigenvalue weighted by atomic mass is 19.1. The normalized spacial score (nSPS) is 20.0. The van der Waals surface area contributed by atoms with Crippen LogP contribution in [0.25, 0.3) is 11.0 Å². The first-order valence-corrected chi connectivity index (χ1v) is 8.79. The van der Waals surface area contributed by atoms with Crippen molar-refractivity contribution in [1.29, 1.82) is 0 Å². The zero-order valence-corrected chi connectivity index (χ0v) is 15.1. The fourth-order valence-electron chi connectivity index (χ4n) is 3.75. The maximum absolute atomic E-state index is 13.4. The van der Waals surface area contributed by atoms with Crippen molar-refractivity contribution in [3.8, 4) is 0 Å². The summed E-state index contributed by atoms with van der Waals surface area (Å²) in [5.74, 6) is -0.599. The van der Waals surface area contributed by atoms with Crippen LogP contribution in [-0.4, -0.2) is 58.9 Å². The molecule has 3 aromatic rings. The van der Waals surface area contributed by atoms with Gasteiger partial charge in [-0.3, -0.25) is 4.79 Å². The number of hydrogen-bond acceptors (Lipinski definition) is 3. The first kappa shape index (κ1) is 17.6. The highest BCUT2D eigenvalue weighted by Crippen LogP contribution is 2.31. The maximum Gasteiger partial charge on any atom is 0.289 e. The first-order chi connectivity index (χ1) is 12.9. The minimum Gasteiger partial charge on any atom is -0.334 e. The van der Waals surface area contributed by atoms with Crippen molar-refractivity contribution in [3.05, 3.63) is 65.5 Å². The molecule has 2 heterocycles. The zero-order valence-electron chi connectivity index (χ0n) is 15.1. The third kappa shape index (κ3) is 3.30. The summed E-state index contributed by atoms with van der Waals surface area (Å²) in [5.41, 5.74) is 2.05. The van der Waals surface area contributed by atoms with Crippen molar-refractivity contribution in [3.63, 3.8) is 0 Å². The lowest BCUT2D eigenvalue weighted by atomic mass is 9.94. The average molecular weight is 370 g/mol. The van der Waals surface area contributed by atoms with Crippen LogP contribution in [0.2, 0.25) is 0 Å². The van der Waals surface area contributed by atoms with Gasteiger partial charge in [0.05, 0.1) is 11.0 Å². The quantitative estimate of drug-likeness (QED) is 0.771. The predicted octanol–water partition coefficient (Wildman–Crippen LogP) is 3.01.